The molecule has 1 aliphatic rings. The molecule has 0 aliphatic carbocycles. The third-order valence-electron chi connectivity index (χ3n) is 3.84. The standard InChI is InChI=1S/C16H18Cl2N2O/c17-14-6-5-12(9-15(14)18)13(11-19)10-16(21)20-7-3-1-2-4-8-20/h5-6,9,13H,1-4,7-8,10H2. The molecule has 0 bridgehead atoms. The third-order valence-corrected chi connectivity index (χ3v) is 4.58. The second-order valence-corrected chi connectivity index (χ2v) is 6.17. The van der Waals surface area contributed by atoms with E-state index in [4.69, 9.17) is 23.2 Å². The monoisotopic (exact) mass is 324 g/mol. The molecule has 1 heterocycles. The van der Waals surface area contributed by atoms with Crippen molar-refractivity contribution in [3.05, 3.63) is 33.8 Å². The van der Waals surface area contributed by atoms with Crippen LogP contribution in [-0.2, 0) is 4.79 Å². The van der Waals surface area contributed by atoms with Crippen LogP contribution < -0.4 is 0 Å². The number of amides is 1. The summed E-state index contributed by atoms with van der Waals surface area (Å²) in [7, 11) is 0. The Kier molecular flexibility index (Phi) is 5.90. The molecule has 0 saturated carbocycles. The molecule has 0 N–H and O–H groups in total. The van der Waals surface area contributed by atoms with Crippen molar-refractivity contribution in [2.75, 3.05) is 13.1 Å². The van der Waals surface area contributed by atoms with Crippen LogP contribution >= 0.6 is 23.2 Å². The molecule has 112 valence electrons. The van der Waals surface area contributed by atoms with Gasteiger partial charge < -0.3 is 4.90 Å². The number of nitrogens with zero attached hydrogens (tertiary/aromatic N) is 2. The van der Waals surface area contributed by atoms with E-state index in [0.717, 1.165) is 31.5 Å². The fourth-order valence-corrected chi connectivity index (χ4v) is 2.90. The van der Waals surface area contributed by atoms with Crippen molar-refractivity contribution in [2.24, 2.45) is 0 Å². The number of hydrogen-bond donors (Lipinski definition) is 0. The number of hydrogen-bond acceptors (Lipinski definition) is 2. The summed E-state index contributed by atoms with van der Waals surface area (Å²) in [6.45, 7) is 1.61. The highest BCUT2D eigenvalue weighted by atomic mass is 35.5. The Morgan fingerprint density at radius 1 is 1.19 bits per heavy atom. The molecule has 5 heteroatoms. The fraction of sp³-hybridized carbons (Fsp3) is 0.500. The van der Waals surface area contributed by atoms with Crippen molar-refractivity contribution in [2.45, 2.75) is 38.0 Å². The van der Waals surface area contributed by atoms with Gasteiger partial charge >= 0.3 is 0 Å². The Bertz CT molecular complexity index is 546. The lowest BCUT2D eigenvalue weighted by molar-refractivity contribution is -0.131. The number of nitriles is 1. The fourth-order valence-electron chi connectivity index (χ4n) is 2.59. The average Bonchev–Trinajstić information content (AvgIpc) is 2.76. The Morgan fingerprint density at radius 3 is 2.43 bits per heavy atom. The summed E-state index contributed by atoms with van der Waals surface area (Å²) >= 11 is 11.9. The van der Waals surface area contributed by atoms with Crippen LogP contribution in [0, 0.1) is 11.3 Å². The molecule has 2 rings (SSSR count). The molecular weight excluding hydrogens is 307 g/mol. The molecule has 1 fully saturated rings. The van der Waals surface area contributed by atoms with Gasteiger partial charge in [0.2, 0.25) is 5.91 Å². The summed E-state index contributed by atoms with van der Waals surface area (Å²) in [4.78, 5) is 14.2. The molecule has 1 atom stereocenters. The Balaban J connectivity index is 2.06. The van der Waals surface area contributed by atoms with Crippen LogP contribution in [0.25, 0.3) is 0 Å². The van der Waals surface area contributed by atoms with Crippen LogP contribution in [0.15, 0.2) is 18.2 Å². The molecule has 0 radical (unpaired) electrons. The number of halogens is 2. The molecule has 21 heavy (non-hydrogen) atoms. The summed E-state index contributed by atoms with van der Waals surface area (Å²) in [6.07, 6.45) is 4.66. The van der Waals surface area contributed by atoms with E-state index in [9.17, 15) is 10.1 Å². The number of benzene rings is 1. The summed E-state index contributed by atoms with van der Waals surface area (Å²) in [5, 5.41) is 10.2. The van der Waals surface area contributed by atoms with Crippen LogP contribution in [0.1, 0.15) is 43.6 Å². The summed E-state index contributed by atoms with van der Waals surface area (Å²) in [5.41, 5.74) is 0.745. The Labute approximate surface area is 135 Å². The minimum atomic E-state index is -0.476. The summed E-state index contributed by atoms with van der Waals surface area (Å²) in [5.74, 6) is -0.426. The minimum absolute atomic E-state index is 0.0505. The first-order valence-electron chi connectivity index (χ1n) is 7.24. The van der Waals surface area contributed by atoms with Gasteiger partial charge in [0.25, 0.3) is 0 Å². The first-order valence-corrected chi connectivity index (χ1v) is 7.99. The zero-order valence-corrected chi connectivity index (χ0v) is 13.3. The van der Waals surface area contributed by atoms with E-state index < -0.39 is 5.92 Å². The molecule has 1 unspecified atom stereocenters. The van der Waals surface area contributed by atoms with Crippen molar-refractivity contribution >= 4 is 29.1 Å². The smallest absolute Gasteiger partial charge is 0.224 e. The SMILES string of the molecule is N#CC(CC(=O)N1CCCCCC1)c1ccc(Cl)c(Cl)c1. The first-order chi connectivity index (χ1) is 10.1. The average molecular weight is 325 g/mol. The van der Waals surface area contributed by atoms with Crippen molar-refractivity contribution in [3.8, 4) is 6.07 Å². The zero-order valence-electron chi connectivity index (χ0n) is 11.8. The van der Waals surface area contributed by atoms with Crippen LogP contribution in [0.5, 0.6) is 0 Å². The van der Waals surface area contributed by atoms with Gasteiger partial charge in [-0.05, 0) is 30.5 Å². The van der Waals surface area contributed by atoms with E-state index in [1.165, 1.54) is 12.8 Å². The minimum Gasteiger partial charge on any atom is -0.343 e. The topological polar surface area (TPSA) is 44.1 Å². The van der Waals surface area contributed by atoms with Gasteiger partial charge in [-0.15, -0.1) is 0 Å². The molecule has 1 saturated heterocycles. The molecular formula is C16H18Cl2N2O. The molecule has 1 aromatic carbocycles. The number of carbonyl (C=O) groups excluding carboxylic acids is 1. The number of rotatable bonds is 3. The maximum absolute atomic E-state index is 12.4. The largest absolute Gasteiger partial charge is 0.343 e. The molecule has 1 aliphatic heterocycles. The second kappa shape index (κ2) is 7.68. The highest BCUT2D eigenvalue weighted by Crippen LogP contribution is 2.28. The van der Waals surface area contributed by atoms with Crippen LogP contribution in [0.4, 0.5) is 0 Å². The lowest BCUT2D eigenvalue weighted by Crippen LogP contribution is -2.32. The lowest BCUT2D eigenvalue weighted by atomic mass is 9.96. The van der Waals surface area contributed by atoms with E-state index in [2.05, 4.69) is 6.07 Å². The van der Waals surface area contributed by atoms with Gasteiger partial charge in [0.1, 0.15) is 0 Å². The van der Waals surface area contributed by atoms with Crippen molar-refractivity contribution in [3.63, 3.8) is 0 Å². The van der Waals surface area contributed by atoms with Crippen LogP contribution in [0.2, 0.25) is 10.0 Å². The first kappa shape index (κ1) is 16.1. The maximum Gasteiger partial charge on any atom is 0.224 e. The predicted molar refractivity (Wildman–Crippen MR) is 84.5 cm³/mol. The zero-order chi connectivity index (χ0) is 15.2. The number of likely N-dealkylation sites (tertiary alicyclic amines) is 1. The van der Waals surface area contributed by atoms with E-state index in [1.807, 2.05) is 4.90 Å². The third kappa shape index (κ3) is 4.36. The van der Waals surface area contributed by atoms with Crippen molar-refractivity contribution in [1.29, 1.82) is 5.26 Å². The molecule has 0 spiro atoms. The van der Waals surface area contributed by atoms with Crippen LogP contribution in [0.3, 0.4) is 0 Å². The molecule has 3 nitrogen and oxygen atoms in total. The van der Waals surface area contributed by atoms with Gasteiger partial charge in [-0.3, -0.25) is 4.79 Å². The second-order valence-electron chi connectivity index (χ2n) is 5.35. The molecule has 1 aromatic rings. The molecule has 0 aromatic heterocycles. The van der Waals surface area contributed by atoms with E-state index >= 15 is 0 Å². The van der Waals surface area contributed by atoms with Gasteiger partial charge in [0, 0.05) is 19.5 Å². The van der Waals surface area contributed by atoms with Gasteiger partial charge in [0.15, 0.2) is 0 Å². The summed E-state index contributed by atoms with van der Waals surface area (Å²) in [6, 6.07) is 7.30. The Morgan fingerprint density at radius 2 is 1.86 bits per heavy atom. The normalized spacial score (nSPS) is 16.9. The van der Waals surface area contributed by atoms with Crippen LogP contribution in [-0.4, -0.2) is 23.9 Å². The van der Waals surface area contributed by atoms with E-state index in [0.29, 0.717) is 10.0 Å². The quantitative estimate of drug-likeness (QED) is 0.827. The maximum atomic E-state index is 12.4. The number of carbonyl (C=O) groups is 1. The predicted octanol–water partition coefficient (Wildman–Crippen LogP) is 4.39. The molecule has 1 amide bonds. The van der Waals surface area contributed by atoms with Crippen molar-refractivity contribution < 1.29 is 4.79 Å². The van der Waals surface area contributed by atoms with Gasteiger partial charge in [-0.25, -0.2) is 0 Å². The summed E-state index contributed by atoms with van der Waals surface area (Å²) < 4.78 is 0. The van der Waals surface area contributed by atoms with Gasteiger partial charge in [-0.2, -0.15) is 5.26 Å². The van der Waals surface area contributed by atoms with E-state index in [-0.39, 0.29) is 12.3 Å². The van der Waals surface area contributed by atoms with Gasteiger partial charge in [0.05, 0.1) is 22.0 Å². The Hall–Kier alpha value is -1.24. The van der Waals surface area contributed by atoms with Crippen molar-refractivity contribution in [1.82, 2.24) is 4.90 Å². The highest BCUT2D eigenvalue weighted by molar-refractivity contribution is 6.42. The lowest BCUT2D eigenvalue weighted by Gasteiger charge is -2.21. The van der Waals surface area contributed by atoms with Gasteiger partial charge in [-0.1, -0.05) is 42.1 Å². The van der Waals surface area contributed by atoms with E-state index in [1.54, 1.807) is 18.2 Å². The highest BCUT2D eigenvalue weighted by Gasteiger charge is 2.21.